The molecule has 0 radical (unpaired) electrons. The second-order valence-electron chi connectivity index (χ2n) is 6.42. The molecule has 5 atom stereocenters. The van der Waals surface area contributed by atoms with Crippen LogP contribution in [0.15, 0.2) is 0 Å². The molecule has 0 aliphatic carbocycles. The average molecular weight is 630 g/mol. The van der Waals surface area contributed by atoms with Crippen molar-refractivity contribution in [1.82, 2.24) is 0 Å². The SMILES string of the molecule is O=S(=O)([O-])C(F)C(F)(F)C(F)(F)C(F)(F)C(F)(F)C(F)(F)C(F)(F)C(F)C(F)C(F)C(F)C(F)F.[K+]. The molecule has 0 aromatic rings. The molecule has 0 fully saturated rings. The van der Waals surface area contributed by atoms with E-state index in [2.05, 4.69) is 0 Å². The summed E-state index contributed by atoms with van der Waals surface area (Å²) in [6.07, 6.45) is -25.6. The van der Waals surface area contributed by atoms with Crippen molar-refractivity contribution in [2.24, 2.45) is 0 Å². The molecule has 36 heavy (non-hydrogen) atoms. The molecule has 0 saturated heterocycles. The van der Waals surface area contributed by atoms with Crippen LogP contribution in [0.1, 0.15) is 0 Å². The van der Waals surface area contributed by atoms with E-state index >= 15 is 0 Å². The van der Waals surface area contributed by atoms with E-state index < -0.39 is 82.3 Å². The molecule has 0 heterocycles. The topological polar surface area (TPSA) is 57.2 Å². The second-order valence-corrected chi connectivity index (χ2v) is 7.82. The summed E-state index contributed by atoms with van der Waals surface area (Å²) in [5.74, 6) is -50.4. The van der Waals surface area contributed by atoms with E-state index in [1.54, 1.807) is 0 Å². The molecule has 3 nitrogen and oxygen atoms in total. The molecule has 0 aromatic heterocycles. The standard InChI is InChI=1S/C12H7F19O3S.K/c13-1(3(15)5(17)18)2(14)4(16)7(20,21)9(24,25)11(28,29)12(30,31)10(26,27)8(22,23)6(19)35(32,33)34;/h1-6H,(H,32,33,34);/q;+1/p-1. The molecule has 0 aliphatic heterocycles. The number of hydrogen-bond donors (Lipinski definition) is 0. The fourth-order valence-corrected chi connectivity index (χ4v) is 2.50. The number of alkyl halides is 19. The van der Waals surface area contributed by atoms with E-state index in [1.165, 1.54) is 0 Å². The summed E-state index contributed by atoms with van der Waals surface area (Å²) >= 11 is 0. The Hall–Kier alpha value is 0.216. The predicted molar refractivity (Wildman–Crippen MR) is 69.9 cm³/mol. The Morgan fingerprint density at radius 1 is 0.500 bits per heavy atom. The quantitative estimate of drug-likeness (QED) is 0.189. The first kappa shape index (κ1) is 38.4. The third kappa shape index (κ3) is 6.02. The number of halogens is 19. The molecule has 0 bridgehead atoms. The number of rotatable bonds is 12. The molecule has 24 heteroatoms. The van der Waals surface area contributed by atoms with Gasteiger partial charge in [0.2, 0.25) is 6.17 Å². The Balaban J connectivity index is 0. The van der Waals surface area contributed by atoms with E-state index in [1.807, 2.05) is 0 Å². The molecule has 0 amide bonds. The van der Waals surface area contributed by atoms with Gasteiger partial charge in [0, 0.05) is 0 Å². The molecule has 0 saturated carbocycles. The predicted octanol–water partition coefficient (Wildman–Crippen LogP) is 2.26. The van der Waals surface area contributed by atoms with Gasteiger partial charge in [0.1, 0.15) is 10.1 Å². The maximum absolute atomic E-state index is 13.5. The van der Waals surface area contributed by atoms with Crippen molar-refractivity contribution in [1.29, 1.82) is 0 Å². The Bertz CT molecular complexity index is 849. The monoisotopic (exact) mass is 630 g/mol. The van der Waals surface area contributed by atoms with E-state index in [-0.39, 0.29) is 51.4 Å². The van der Waals surface area contributed by atoms with Gasteiger partial charge in [0.05, 0.1) is 0 Å². The van der Waals surface area contributed by atoms with Crippen LogP contribution in [0.5, 0.6) is 0 Å². The number of hydrogen-bond acceptors (Lipinski definition) is 3. The van der Waals surface area contributed by atoms with Gasteiger partial charge in [-0.3, -0.25) is 0 Å². The van der Waals surface area contributed by atoms with Gasteiger partial charge < -0.3 is 4.55 Å². The minimum absolute atomic E-state index is 0. The third-order valence-corrected chi connectivity index (χ3v) is 4.84. The first-order valence-corrected chi connectivity index (χ1v) is 9.16. The minimum Gasteiger partial charge on any atom is -0.746 e. The van der Waals surface area contributed by atoms with E-state index in [9.17, 15) is 96.4 Å². The second kappa shape index (κ2) is 11.4. The molecule has 0 aliphatic rings. The Kier molecular flexibility index (Phi) is 12.1. The first-order chi connectivity index (χ1) is 15.0. The normalized spacial score (nSPS) is 19.4. The van der Waals surface area contributed by atoms with Gasteiger partial charge in [-0.05, 0) is 0 Å². The van der Waals surface area contributed by atoms with E-state index in [0.29, 0.717) is 0 Å². The van der Waals surface area contributed by atoms with Crippen LogP contribution in [0.25, 0.3) is 0 Å². The summed E-state index contributed by atoms with van der Waals surface area (Å²) in [6.45, 7) is 0. The van der Waals surface area contributed by atoms with Gasteiger partial charge in [-0.15, -0.1) is 0 Å². The van der Waals surface area contributed by atoms with Crippen molar-refractivity contribution in [3.05, 3.63) is 0 Å². The Labute approximate surface area is 228 Å². The van der Waals surface area contributed by atoms with Crippen LogP contribution in [0.3, 0.4) is 0 Å². The smallest absolute Gasteiger partial charge is 0.746 e. The van der Waals surface area contributed by atoms with E-state index in [4.69, 9.17) is 0 Å². The molecular weight excluding hydrogens is 624 g/mol. The maximum Gasteiger partial charge on any atom is 1.00 e. The molecule has 212 valence electrons. The van der Waals surface area contributed by atoms with Crippen molar-refractivity contribution < 1.29 is 148 Å². The van der Waals surface area contributed by atoms with Crippen LogP contribution in [0.4, 0.5) is 83.4 Å². The summed E-state index contributed by atoms with van der Waals surface area (Å²) in [5.41, 5.74) is -6.10. The van der Waals surface area contributed by atoms with Crippen molar-refractivity contribution >= 4 is 10.1 Å². The van der Waals surface area contributed by atoms with Gasteiger partial charge in [-0.25, -0.2) is 39.2 Å². The van der Waals surface area contributed by atoms with Crippen LogP contribution in [-0.4, -0.2) is 85.1 Å². The first-order valence-electron chi connectivity index (χ1n) is 7.69. The molecule has 0 N–H and O–H groups in total. The maximum atomic E-state index is 13.5. The van der Waals surface area contributed by atoms with Gasteiger partial charge in [-0.2, -0.15) is 52.7 Å². The van der Waals surface area contributed by atoms with Gasteiger partial charge in [0.25, 0.3) is 11.9 Å². The zero-order chi connectivity index (χ0) is 29.0. The summed E-state index contributed by atoms with van der Waals surface area (Å²) < 4.78 is 279. The van der Waals surface area contributed by atoms with Crippen LogP contribution >= 0.6 is 0 Å². The zero-order valence-electron chi connectivity index (χ0n) is 16.3. The van der Waals surface area contributed by atoms with E-state index in [0.717, 1.165) is 0 Å². The fraction of sp³-hybridized carbons (Fsp3) is 1.00. The summed E-state index contributed by atoms with van der Waals surface area (Å²) in [7, 11) is -7.47. The van der Waals surface area contributed by atoms with Gasteiger partial charge >= 0.3 is 86.9 Å². The largest absolute Gasteiger partial charge is 1.00 e. The summed E-state index contributed by atoms with van der Waals surface area (Å²) in [6, 6.07) is 0. The molecule has 0 rings (SSSR count). The van der Waals surface area contributed by atoms with Crippen LogP contribution in [0.2, 0.25) is 0 Å². The van der Waals surface area contributed by atoms with Crippen LogP contribution in [0, 0.1) is 0 Å². The van der Waals surface area contributed by atoms with Crippen molar-refractivity contribution in [2.45, 2.75) is 72.2 Å². The molecule has 5 unspecified atom stereocenters. The summed E-state index contributed by atoms with van der Waals surface area (Å²) in [4.78, 5) is 0. The van der Waals surface area contributed by atoms with Gasteiger partial charge in [-0.1, -0.05) is 0 Å². The zero-order valence-corrected chi connectivity index (χ0v) is 20.2. The van der Waals surface area contributed by atoms with Gasteiger partial charge in [0.15, 0.2) is 18.5 Å². The Morgan fingerprint density at radius 2 is 0.806 bits per heavy atom. The third-order valence-electron chi connectivity index (χ3n) is 4.03. The molecule has 0 aromatic carbocycles. The summed E-state index contributed by atoms with van der Waals surface area (Å²) in [5, 5.41) is 0. The minimum atomic E-state index is -8.77. The fourth-order valence-electron chi connectivity index (χ4n) is 1.99. The molecular formula is C12H6F19KO3S. The van der Waals surface area contributed by atoms with Crippen molar-refractivity contribution in [2.75, 3.05) is 0 Å². The van der Waals surface area contributed by atoms with Crippen molar-refractivity contribution in [3.63, 3.8) is 0 Å². The average Bonchev–Trinajstić information content (AvgIpc) is 2.68. The Morgan fingerprint density at radius 3 is 1.08 bits per heavy atom. The van der Waals surface area contributed by atoms with Crippen LogP contribution in [-0.2, 0) is 10.1 Å². The van der Waals surface area contributed by atoms with Crippen LogP contribution < -0.4 is 51.4 Å². The van der Waals surface area contributed by atoms with Crippen molar-refractivity contribution in [3.8, 4) is 0 Å². The molecule has 0 spiro atoms.